The molecule has 0 spiro atoms. The van der Waals surface area contributed by atoms with Crippen LogP contribution in [0.15, 0.2) is 22.7 Å². The Bertz CT molecular complexity index is 528. The van der Waals surface area contributed by atoms with E-state index >= 15 is 0 Å². The quantitative estimate of drug-likeness (QED) is 0.822. The van der Waals surface area contributed by atoms with Crippen molar-refractivity contribution in [3.8, 4) is 0 Å². The van der Waals surface area contributed by atoms with Gasteiger partial charge < -0.3 is 5.73 Å². The molecule has 0 saturated carbocycles. The van der Waals surface area contributed by atoms with Crippen molar-refractivity contribution in [3.63, 3.8) is 0 Å². The smallest absolute Gasteiger partial charge is 0.124 e. The summed E-state index contributed by atoms with van der Waals surface area (Å²) in [6.45, 7) is 8.74. The molecule has 1 aliphatic rings. The van der Waals surface area contributed by atoms with Gasteiger partial charge in [-0.3, -0.25) is 9.80 Å². The second-order valence-electron chi connectivity index (χ2n) is 5.92. The zero-order valence-electron chi connectivity index (χ0n) is 12.4. The summed E-state index contributed by atoms with van der Waals surface area (Å²) in [7, 11) is 0. The highest BCUT2D eigenvalue weighted by atomic mass is 79.9. The Morgan fingerprint density at radius 1 is 1.33 bits per heavy atom. The van der Waals surface area contributed by atoms with Crippen molar-refractivity contribution in [1.29, 1.82) is 0 Å². The molecule has 0 bridgehead atoms. The first-order valence-electron chi connectivity index (χ1n) is 7.02. The first kappa shape index (κ1) is 16.8. The van der Waals surface area contributed by atoms with Gasteiger partial charge in [-0.25, -0.2) is 4.39 Å². The monoisotopic (exact) mass is 373 g/mol. The number of hydrogen-bond donors (Lipinski definition) is 1. The summed E-state index contributed by atoms with van der Waals surface area (Å²) in [4.78, 5) is 5.23. The molecule has 0 aromatic heterocycles. The first-order chi connectivity index (χ1) is 9.80. The van der Waals surface area contributed by atoms with Crippen molar-refractivity contribution in [2.45, 2.75) is 25.9 Å². The first-order valence-corrected chi connectivity index (χ1v) is 8.22. The average Bonchev–Trinajstić information content (AvgIpc) is 2.42. The summed E-state index contributed by atoms with van der Waals surface area (Å²) in [5, 5.41) is 0. The lowest BCUT2D eigenvalue weighted by molar-refractivity contribution is 0.0820. The van der Waals surface area contributed by atoms with Crippen LogP contribution in [0.2, 0.25) is 0 Å². The molecule has 2 rings (SSSR count). The molecule has 116 valence electrons. The number of rotatable bonds is 4. The third-order valence-electron chi connectivity index (χ3n) is 4.17. The van der Waals surface area contributed by atoms with Crippen LogP contribution in [0.3, 0.4) is 0 Å². The number of nitrogens with two attached hydrogens (primary N) is 1. The maximum atomic E-state index is 13.1. The Morgan fingerprint density at radius 2 is 1.95 bits per heavy atom. The summed E-state index contributed by atoms with van der Waals surface area (Å²) in [6, 6.07) is 4.86. The molecule has 6 heteroatoms. The van der Waals surface area contributed by atoms with Gasteiger partial charge in [0.25, 0.3) is 0 Å². The number of benzene rings is 1. The largest absolute Gasteiger partial charge is 0.392 e. The van der Waals surface area contributed by atoms with Crippen molar-refractivity contribution in [3.05, 3.63) is 34.1 Å². The van der Waals surface area contributed by atoms with Gasteiger partial charge in [0.2, 0.25) is 0 Å². The van der Waals surface area contributed by atoms with E-state index in [1.54, 1.807) is 0 Å². The molecule has 1 heterocycles. The normalized spacial score (nSPS) is 17.9. The van der Waals surface area contributed by atoms with Gasteiger partial charge in [0.1, 0.15) is 5.82 Å². The van der Waals surface area contributed by atoms with Gasteiger partial charge >= 0.3 is 0 Å². The van der Waals surface area contributed by atoms with Crippen LogP contribution < -0.4 is 5.73 Å². The number of hydrogen-bond acceptors (Lipinski definition) is 3. The summed E-state index contributed by atoms with van der Waals surface area (Å²) >= 11 is 8.58. The molecule has 1 aromatic carbocycles. The standard InChI is InChI=1S/C15H21BrFN3S/c1-15(2,14(18)21)20-7-5-19(6-8-20)10-11-3-4-12(17)9-13(11)16/h3-4,9H,5-8,10H2,1-2H3,(H2,18,21). The van der Waals surface area contributed by atoms with Crippen LogP contribution in [0, 0.1) is 5.82 Å². The van der Waals surface area contributed by atoms with Crippen LogP contribution in [0.1, 0.15) is 19.4 Å². The minimum Gasteiger partial charge on any atom is -0.392 e. The average molecular weight is 374 g/mol. The van der Waals surface area contributed by atoms with Crippen LogP contribution >= 0.6 is 28.1 Å². The predicted molar refractivity (Wildman–Crippen MR) is 91.8 cm³/mol. The highest BCUT2D eigenvalue weighted by Gasteiger charge is 2.32. The van der Waals surface area contributed by atoms with E-state index in [-0.39, 0.29) is 11.4 Å². The van der Waals surface area contributed by atoms with E-state index in [1.165, 1.54) is 12.1 Å². The van der Waals surface area contributed by atoms with E-state index in [0.29, 0.717) is 4.99 Å². The van der Waals surface area contributed by atoms with E-state index in [4.69, 9.17) is 18.0 Å². The molecule has 0 radical (unpaired) electrons. The Labute approximate surface area is 139 Å². The predicted octanol–water partition coefficient (Wildman–Crippen LogP) is 2.77. The van der Waals surface area contributed by atoms with Crippen LogP contribution in [-0.2, 0) is 6.54 Å². The maximum Gasteiger partial charge on any atom is 0.124 e. The van der Waals surface area contributed by atoms with Crippen molar-refractivity contribution in [2.75, 3.05) is 26.2 Å². The minimum atomic E-state index is -0.238. The fraction of sp³-hybridized carbons (Fsp3) is 0.533. The van der Waals surface area contributed by atoms with E-state index in [0.717, 1.165) is 42.8 Å². The lowest BCUT2D eigenvalue weighted by Crippen LogP contribution is -2.59. The molecule has 1 aromatic rings. The van der Waals surface area contributed by atoms with Crippen LogP contribution in [0.5, 0.6) is 0 Å². The van der Waals surface area contributed by atoms with Gasteiger partial charge in [-0.1, -0.05) is 34.2 Å². The van der Waals surface area contributed by atoms with E-state index in [1.807, 2.05) is 6.07 Å². The lowest BCUT2D eigenvalue weighted by atomic mass is 10.0. The molecule has 1 fully saturated rings. The molecule has 0 atom stereocenters. The van der Waals surface area contributed by atoms with Gasteiger partial charge in [0, 0.05) is 37.2 Å². The fourth-order valence-corrected chi connectivity index (χ4v) is 3.12. The zero-order valence-corrected chi connectivity index (χ0v) is 14.8. The second kappa shape index (κ2) is 6.69. The maximum absolute atomic E-state index is 13.1. The number of nitrogens with zero attached hydrogens (tertiary/aromatic N) is 2. The van der Waals surface area contributed by atoms with Crippen molar-refractivity contribution < 1.29 is 4.39 Å². The van der Waals surface area contributed by atoms with Crippen molar-refractivity contribution in [1.82, 2.24) is 9.80 Å². The van der Waals surface area contributed by atoms with Crippen LogP contribution in [0.25, 0.3) is 0 Å². The molecule has 21 heavy (non-hydrogen) atoms. The van der Waals surface area contributed by atoms with Gasteiger partial charge in [-0.15, -0.1) is 0 Å². The second-order valence-corrected chi connectivity index (χ2v) is 7.22. The molecule has 2 N–H and O–H groups in total. The summed E-state index contributed by atoms with van der Waals surface area (Å²) < 4.78 is 13.9. The Morgan fingerprint density at radius 3 is 2.48 bits per heavy atom. The third-order valence-corrected chi connectivity index (χ3v) is 5.41. The number of thiocarbonyl (C=S) groups is 1. The highest BCUT2D eigenvalue weighted by Crippen LogP contribution is 2.22. The van der Waals surface area contributed by atoms with Gasteiger partial charge in [-0.05, 0) is 31.5 Å². The number of halogens is 2. The molecule has 0 amide bonds. The van der Waals surface area contributed by atoms with Gasteiger partial charge in [-0.2, -0.15) is 0 Å². The third kappa shape index (κ3) is 4.00. The van der Waals surface area contributed by atoms with Crippen molar-refractivity contribution >= 4 is 33.1 Å². The molecule has 0 unspecified atom stereocenters. The van der Waals surface area contributed by atoms with Crippen molar-refractivity contribution in [2.24, 2.45) is 5.73 Å². The van der Waals surface area contributed by atoms with Gasteiger partial charge in [0.05, 0.1) is 10.5 Å². The topological polar surface area (TPSA) is 32.5 Å². The Balaban J connectivity index is 1.94. The minimum absolute atomic E-state index is 0.214. The van der Waals surface area contributed by atoms with Gasteiger partial charge in [0.15, 0.2) is 0 Å². The highest BCUT2D eigenvalue weighted by molar-refractivity contribution is 9.10. The van der Waals surface area contributed by atoms with E-state index < -0.39 is 0 Å². The fourth-order valence-electron chi connectivity index (χ4n) is 2.51. The molecule has 1 aliphatic heterocycles. The zero-order chi connectivity index (χ0) is 15.6. The number of piperazine rings is 1. The lowest BCUT2D eigenvalue weighted by Gasteiger charge is -2.43. The molecular weight excluding hydrogens is 353 g/mol. The van der Waals surface area contributed by atoms with Crippen LogP contribution in [-0.4, -0.2) is 46.5 Å². The summed E-state index contributed by atoms with van der Waals surface area (Å²) in [5.74, 6) is -0.214. The summed E-state index contributed by atoms with van der Waals surface area (Å²) in [5.41, 5.74) is 6.70. The molecular formula is C15H21BrFN3S. The Hall–Kier alpha value is -0.560. The van der Waals surface area contributed by atoms with E-state index in [9.17, 15) is 4.39 Å². The summed E-state index contributed by atoms with van der Waals surface area (Å²) in [6.07, 6.45) is 0. The van der Waals surface area contributed by atoms with E-state index in [2.05, 4.69) is 39.6 Å². The Kier molecular flexibility index (Phi) is 5.35. The molecule has 1 saturated heterocycles. The van der Waals surface area contributed by atoms with Crippen LogP contribution in [0.4, 0.5) is 4.39 Å². The molecule has 0 aliphatic carbocycles. The molecule has 3 nitrogen and oxygen atoms in total. The SMILES string of the molecule is CC(C)(C(N)=S)N1CCN(Cc2ccc(F)cc2Br)CC1.